The first-order chi connectivity index (χ1) is 18.1. The molecule has 4 N–H and O–H groups in total. The molecule has 3 aromatic rings. The molecule has 4 rings (SSSR count). The fourth-order valence-corrected chi connectivity index (χ4v) is 4.06. The number of alkyl halides is 3. The third-order valence-electron chi connectivity index (χ3n) is 5.87. The quantitative estimate of drug-likeness (QED) is 0.160. The minimum atomic E-state index is -4.73. The molecule has 2 unspecified atom stereocenters. The van der Waals surface area contributed by atoms with Gasteiger partial charge in [0.1, 0.15) is 5.75 Å². The Morgan fingerprint density at radius 1 is 1.00 bits per heavy atom. The average molecular weight is 541 g/mol. The number of ether oxygens (including phenoxy) is 1. The lowest BCUT2D eigenvalue weighted by molar-refractivity contribution is -0.274. The summed E-state index contributed by atoms with van der Waals surface area (Å²) in [7, 11) is 3.99. The van der Waals surface area contributed by atoms with Crippen LogP contribution in [-0.2, 0) is 0 Å². The van der Waals surface area contributed by atoms with E-state index in [1.54, 1.807) is 0 Å². The molecular weight excluding hydrogens is 513 g/mol. The van der Waals surface area contributed by atoms with E-state index in [1.165, 1.54) is 30.6 Å². The van der Waals surface area contributed by atoms with Crippen LogP contribution in [0.4, 0.5) is 30.2 Å². The van der Waals surface area contributed by atoms with Gasteiger partial charge in [-0.05, 0) is 72.7 Å². The van der Waals surface area contributed by atoms with Crippen LogP contribution < -0.4 is 25.6 Å². The fraction of sp³-hybridized carbons (Fsp3) is 0.222. The number of benzene rings is 3. The van der Waals surface area contributed by atoms with Gasteiger partial charge < -0.3 is 25.6 Å². The van der Waals surface area contributed by atoms with E-state index in [1.807, 2.05) is 67.5 Å². The molecule has 3 aromatic carbocycles. The maximum Gasteiger partial charge on any atom is 0.573 e. The lowest BCUT2D eigenvalue weighted by Crippen LogP contribution is -2.31. The molecule has 0 aromatic heterocycles. The number of halogens is 3. The van der Waals surface area contributed by atoms with Gasteiger partial charge in [-0.15, -0.1) is 13.2 Å². The summed E-state index contributed by atoms with van der Waals surface area (Å²) in [6.45, 7) is 0. The van der Waals surface area contributed by atoms with Crippen LogP contribution in [0.15, 0.2) is 77.8 Å². The van der Waals surface area contributed by atoms with Crippen LogP contribution in [0.3, 0.4) is 0 Å². The molecule has 1 aliphatic rings. The van der Waals surface area contributed by atoms with E-state index in [2.05, 4.69) is 25.7 Å². The summed E-state index contributed by atoms with van der Waals surface area (Å²) in [5, 5.41) is 18.2. The summed E-state index contributed by atoms with van der Waals surface area (Å²) < 4.78 is 40.6. The van der Waals surface area contributed by atoms with Crippen LogP contribution in [0, 0.1) is 5.41 Å². The second-order valence-electron chi connectivity index (χ2n) is 8.93. The number of anilines is 3. The predicted molar refractivity (Wildman–Crippen MR) is 150 cm³/mol. The van der Waals surface area contributed by atoms with E-state index >= 15 is 0 Å². The summed E-state index contributed by atoms with van der Waals surface area (Å²) >= 11 is 5.46. The summed E-state index contributed by atoms with van der Waals surface area (Å²) in [5.41, 5.74) is 4.35. The Bertz CT molecular complexity index is 1290. The van der Waals surface area contributed by atoms with Gasteiger partial charge >= 0.3 is 6.36 Å². The van der Waals surface area contributed by atoms with E-state index in [4.69, 9.17) is 17.6 Å². The molecule has 1 fully saturated rings. The van der Waals surface area contributed by atoms with Crippen molar-refractivity contribution in [3.05, 3.63) is 83.9 Å². The van der Waals surface area contributed by atoms with Gasteiger partial charge in [0.25, 0.3) is 0 Å². The number of aliphatic imine (C=N–C) groups is 1. The molecule has 0 saturated heterocycles. The highest BCUT2D eigenvalue weighted by atomic mass is 32.1. The lowest BCUT2D eigenvalue weighted by Gasteiger charge is -2.14. The topological polar surface area (TPSA) is 84.8 Å². The lowest BCUT2D eigenvalue weighted by atomic mass is 10.1. The number of hydrogen-bond donors (Lipinski definition) is 4. The standard InChI is InChI=1S/C27H27F3N6OS/c1-36(2)21-11-7-20(8-12-21)34-26(38)35-24-15-23(24)17-3-5-18(6-4-17)25(31)33-16-32-19-9-13-22(14-10-19)37-27(28,29)30/h3-14,16,23-24H,15H2,1-2H3,(H2,31,32,33)(H2,34,35,38). The van der Waals surface area contributed by atoms with E-state index in [0.717, 1.165) is 23.4 Å². The van der Waals surface area contributed by atoms with Crippen molar-refractivity contribution >= 4 is 46.6 Å². The summed E-state index contributed by atoms with van der Waals surface area (Å²) in [6, 6.07) is 21.2. The molecule has 1 aliphatic carbocycles. The van der Waals surface area contributed by atoms with Crippen LogP contribution in [-0.4, -0.2) is 43.8 Å². The van der Waals surface area contributed by atoms with Crippen molar-refractivity contribution in [3.8, 4) is 5.75 Å². The maximum absolute atomic E-state index is 12.2. The molecule has 0 heterocycles. The smallest absolute Gasteiger partial charge is 0.406 e. The number of nitrogens with zero attached hydrogens (tertiary/aromatic N) is 2. The first kappa shape index (κ1) is 26.9. The van der Waals surface area contributed by atoms with Gasteiger partial charge in [-0.1, -0.05) is 24.3 Å². The van der Waals surface area contributed by atoms with Crippen LogP contribution in [0.25, 0.3) is 0 Å². The molecule has 1 saturated carbocycles. The summed E-state index contributed by atoms with van der Waals surface area (Å²) in [6.07, 6.45) is -2.45. The van der Waals surface area contributed by atoms with E-state index in [0.29, 0.717) is 22.3 Å². The van der Waals surface area contributed by atoms with Gasteiger partial charge in [-0.3, -0.25) is 5.41 Å². The normalized spacial score (nSPS) is 16.6. The monoisotopic (exact) mass is 540 g/mol. The molecule has 0 amide bonds. The Morgan fingerprint density at radius 2 is 1.63 bits per heavy atom. The zero-order valence-corrected chi connectivity index (χ0v) is 21.5. The SMILES string of the molecule is CN(C)c1ccc(NC(=S)NC2CC2c2ccc(C(=N)/N=C\Nc3ccc(OC(F)(F)F)cc3)cc2)cc1. The van der Waals surface area contributed by atoms with Crippen molar-refractivity contribution in [2.24, 2.45) is 4.99 Å². The Kier molecular flexibility index (Phi) is 8.16. The Labute approximate surface area is 224 Å². The van der Waals surface area contributed by atoms with Gasteiger partial charge in [-0.25, -0.2) is 4.99 Å². The van der Waals surface area contributed by atoms with Gasteiger partial charge in [0.15, 0.2) is 10.9 Å². The molecular formula is C27H27F3N6OS. The minimum absolute atomic E-state index is 0.0530. The van der Waals surface area contributed by atoms with E-state index in [-0.39, 0.29) is 17.6 Å². The Hall–Kier alpha value is -4.12. The molecule has 0 aliphatic heterocycles. The highest BCUT2D eigenvalue weighted by molar-refractivity contribution is 7.80. The van der Waals surface area contributed by atoms with Crippen LogP contribution in [0.2, 0.25) is 0 Å². The van der Waals surface area contributed by atoms with Gasteiger partial charge in [0, 0.05) is 48.7 Å². The minimum Gasteiger partial charge on any atom is -0.406 e. The zero-order valence-electron chi connectivity index (χ0n) is 20.7. The largest absolute Gasteiger partial charge is 0.573 e. The van der Waals surface area contributed by atoms with E-state index in [9.17, 15) is 13.2 Å². The number of hydrogen-bond acceptors (Lipinski definition) is 4. The van der Waals surface area contributed by atoms with Crippen LogP contribution in [0.1, 0.15) is 23.5 Å². The Balaban J connectivity index is 1.23. The molecule has 0 bridgehead atoms. The van der Waals surface area contributed by atoms with Crippen molar-refractivity contribution in [1.82, 2.24) is 5.32 Å². The number of rotatable bonds is 8. The average Bonchev–Trinajstić information content (AvgIpc) is 3.63. The Morgan fingerprint density at radius 3 is 2.24 bits per heavy atom. The molecule has 7 nitrogen and oxygen atoms in total. The first-order valence-corrected chi connectivity index (χ1v) is 12.2. The second-order valence-corrected chi connectivity index (χ2v) is 9.34. The predicted octanol–water partition coefficient (Wildman–Crippen LogP) is 5.96. The second kappa shape index (κ2) is 11.5. The van der Waals surface area contributed by atoms with Crippen molar-refractivity contribution in [1.29, 1.82) is 5.41 Å². The summed E-state index contributed by atoms with van der Waals surface area (Å²) in [4.78, 5) is 6.10. The molecule has 38 heavy (non-hydrogen) atoms. The fourth-order valence-electron chi connectivity index (χ4n) is 3.79. The highest BCUT2D eigenvalue weighted by Gasteiger charge is 2.38. The van der Waals surface area contributed by atoms with Crippen molar-refractivity contribution in [3.63, 3.8) is 0 Å². The third kappa shape index (κ3) is 7.69. The molecule has 11 heteroatoms. The van der Waals surface area contributed by atoms with Gasteiger partial charge in [0.2, 0.25) is 0 Å². The zero-order chi connectivity index (χ0) is 27.3. The van der Waals surface area contributed by atoms with E-state index < -0.39 is 6.36 Å². The first-order valence-electron chi connectivity index (χ1n) is 11.8. The molecule has 0 spiro atoms. The number of amidine groups is 1. The summed E-state index contributed by atoms with van der Waals surface area (Å²) in [5.74, 6) is 0.0784. The number of nitrogens with one attached hydrogen (secondary N) is 4. The highest BCUT2D eigenvalue weighted by Crippen LogP contribution is 2.40. The van der Waals surface area contributed by atoms with Gasteiger partial charge in [-0.2, -0.15) is 0 Å². The van der Waals surface area contributed by atoms with Crippen molar-refractivity contribution in [2.45, 2.75) is 24.7 Å². The maximum atomic E-state index is 12.2. The van der Waals surface area contributed by atoms with Crippen LogP contribution >= 0.6 is 12.2 Å². The van der Waals surface area contributed by atoms with Gasteiger partial charge in [0.05, 0.1) is 6.34 Å². The van der Waals surface area contributed by atoms with Crippen molar-refractivity contribution in [2.75, 3.05) is 29.6 Å². The molecule has 198 valence electrons. The molecule has 0 radical (unpaired) electrons. The van der Waals surface area contributed by atoms with Crippen LogP contribution in [0.5, 0.6) is 5.75 Å². The molecule has 2 atom stereocenters. The third-order valence-corrected chi connectivity index (χ3v) is 6.09. The number of thiocarbonyl (C=S) groups is 1. The van der Waals surface area contributed by atoms with Crippen molar-refractivity contribution < 1.29 is 17.9 Å².